The zero-order chi connectivity index (χ0) is 26.5. The van der Waals surface area contributed by atoms with E-state index < -0.39 is 18.1 Å². The summed E-state index contributed by atoms with van der Waals surface area (Å²) in [5.74, 6) is -2.28. The van der Waals surface area contributed by atoms with Crippen molar-refractivity contribution in [1.82, 2.24) is 9.88 Å². The van der Waals surface area contributed by atoms with Gasteiger partial charge in [0.15, 0.2) is 11.5 Å². The summed E-state index contributed by atoms with van der Waals surface area (Å²) in [5, 5.41) is 17.8. The molecule has 1 atom stereocenters. The van der Waals surface area contributed by atoms with Crippen LogP contribution in [0.4, 0.5) is 13.2 Å². The van der Waals surface area contributed by atoms with Crippen molar-refractivity contribution in [2.24, 2.45) is 0 Å². The molecule has 1 aliphatic heterocycles. The lowest BCUT2D eigenvalue weighted by atomic mass is 9.89. The third-order valence-corrected chi connectivity index (χ3v) is 5.81. The average Bonchev–Trinajstić information content (AvgIpc) is 2.84. The van der Waals surface area contributed by atoms with Crippen LogP contribution in [0.1, 0.15) is 29.2 Å². The highest BCUT2D eigenvalue weighted by Crippen LogP contribution is 2.40. The fourth-order valence-electron chi connectivity index (χ4n) is 4.19. The van der Waals surface area contributed by atoms with Gasteiger partial charge in [-0.1, -0.05) is 24.3 Å². The topological polar surface area (TPSA) is 109 Å². The van der Waals surface area contributed by atoms with Gasteiger partial charge in [-0.15, -0.1) is 0 Å². The molecule has 8 nitrogen and oxygen atoms in total. The molecule has 1 aromatic heterocycles. The van der Waals surface area contributed by atoms with Gasteiger partial charge in [0.1, 0.15) is 0 Å². The summed E-state index contributed by atoms with van der Waals surface area (Å²) in [6.45, 7) is 1.41. The summed E-state index contributed by atoms with van der Waals surface area (Å²) in [4.78, 5) is 27.3. The molecule has 3 aromatic rings. The largest absolute Gasteiger partial charge is 0.493 e. The van der Waals surface area contributed by atoms with Crippen molar-refractivity contribution in [3.63, 3.8) is 0 Å². The van der Waals surface area contributed by atoms with Crippen LogP contribution in [0.2, 0.25) is 0 Å². The van der Waals surface area contributed by atoms with Crippen LogP contribution in [-0.4, -0.2) is 59.0 Å². The number of aromatic nitrogens is 1. The predicted octanol–water partition coefficient (Wildman–Crippen LogP) is 4.46. The number of halogens is 3. The molecule has 2 heterocycles. The molecule has 0 saturated heterocycles. The third-order valence-electron chi connectivity index (χ3n) is 5.81. The van der Waals surface area contributed by atoms with E-state index in [1.807, 2.05) is 36.4 Å². The zero-order valence-corrected chi connectivity index (χ0v) is 19.6. The summed E-state index contributed by atoms with van der Waals surface area (Å²) >= 11 is 0. The number of ether oxygens (including phenoxy) is 2. The zero-order valence-electron chi connectivity index (χ0n) is 19.6. The Hall–Kier alpha value is -3.86. The number of rotatable bonds is 6. The number of para-hydroxylation sites is 1. The van der Waals surface area contributed by atoms with E-state index in [1.54, 1.807) is 20.4 Å². The van der Waals surface area contributed by atoms with Crippen LogP contribution < -0.4 is 9.47 Å². The number of aliphatic carboxylic acids is 2. The first-order valence-electron chi connectivity index (χ1n) is 10.9. The van der Waals surface area contributed by atoms with Crippen LogP contribution >= 0.6 is 0 Å². The van der Waals surface area contributed by atoms with Gasteiger partial charge < -0.3 is 19.7 Å². The highest BCUT2D eigenvalue weighted by molar-refractivity contribution is 5.81. The van der Waals surface area contributed by atoms with Crippen LogP contribution in [0.15, 0.2) is 48.7 Å². The minimum Gasteiger partial charge on any atom is -0.493 e. The minimum atomic E-state index is -5.08. The van der Waals surface area contributed by atoms with Gasteiger partial charge in [-0.25, -0.2) is 4.79 Å². The Morgan fingerprint density at radius 2 is 1.72 bits per heavy atom. The van der Waals surface area contributed by atoms with Crippen LogP contribution in [0.3, 0.4) is 0 Å². The monoisotopic (exact) mass is 506 g/mol. The molecule has 36 heavy (non-hydrogen) atoms. The Morgan fingerprint density at radius 1 is 1.08 bits per heavy atom. The molecule has 0 fully saturated rings. The minimum absolute atomic E-state index is 0.0285. The van der Waals surface area contributed by atoms with Crippen molar-refractivity contribution in [3.05, 3.63) is 65.4 Å². The molecule has 0 saturated carbocycles. The first-order chi connectivity index (χ1) is 17.0. The van der Waals surface area contributed by atoms with Crippen molar-refractivity contribution >= 4 is 22.8 Å². The Bertz CT molecular complexity index is 1240. The van der Waals surface area contributed by atoms with Crippen molar-refractivity contribution in [2.45, 2.75) is 31.6 Å². The molecule has 0 spiro atoms. The van der Waals surface area contributed by atoms with Crippen molar-refractivity contribution in [1.29, 1.82) is 0 Å². The number of hydrogen-bond acceptors (Lipinski definition) is 6. The van der Waals surface area contributed by atoms with Gasteiger partial charge in [-0.2, -0.15) is 13.2 Å². The summed E-state index contributed by atoms with van der Waals surface area (Å²) in [7, 11) is 3.21. The number of alkyl halides is 3. The molecule has 4 rings (SSSR count). The first kappa shape index (κ1) is 26.7. The fraction of sp³-hybridized carbons (Fsp3) is 0.320. The maximum Gasteiger partial charge on any atom is 0.490 e. The number of nitrogens with zero attached hydrogens (tertiary/aromatic N) is 2. The van der Waals surface area contributed by atoms with E-state index in [1.165, 1.54) is 0 Å². The second kappa shape index (κ2) is 11.3. The highest BCUT2D eigenvalue weighted by atomic mass is 19.4. The maximum absolute atomic E-state index is 11.7. The van der Waals surface area contributed by atoms with Gasteiger partial charge >= 0.3 is 18.1 Å². The second-order valence-electron chi connectivity index (χ2n) is 8.04. The standard InChI is InChI=1S/C23H24N2O4.C2HF3O2/c1-28-20-11-16-8-10-25(19(13-22(26)27)18(16)12-21(20)29-2)14-17-6-3-5-15-7-4-9-24-23(15)17;3-2(4,5)1(6)7/h3-7,9,11-12,19H,8,10,13-14H2,1-2H3,(H,26,27);(H,6,7). The summed E-state index contributed by atoms with van der Waals surface area (Å²) in [6, 6.07) is 13.8. The van der Waals surface area contributed by atoms with Crippen molar-refractivity contribution in [3.8, 4) is 11.5 Å². The van der Waals surface area contributed by atoms with E-state index in [2.05, 4.69) is 16.0 Å². The molecule has 0 radical (unpaired) electrons. The van der Waals surface area contributed by atoms with E-state index in [-0.39, 0.29) is 12.5 Å². The number of hydrogen-bond donors (Lipinski definition) is 2. The number of carbonyl (C=O) groups is 2. The molecule has 1 unspecified atom stereocenters. The van der Waals surface area contributed by atoms with Gasteiger partial charge in [0, 0.05) is 30.7 Å². The molecule has 1 aliphatic rings. The third kappa shape index (κ3) is 6.22. The van der Waals surface area contributed by atoms with E-state index >= 15 is 0 Å². The molecule has 192 valence electrons. The lowest BCUT2D eigenvalue weighted by Crippen LogP contribution is -2.36. The molecule has 0 amide bonds. The number of carboxylic acid groups (broad SMARTS) is 2. The van der Waals surface area contributed by atoms with E-state index in [0.717, 1.165) is 40.6 Å². The van der Waals surface area contributed by atoms with Crippen LogP contribution in [0, 0.1) is 0 Å². The number of benzene rings is 2. The molecule has 0 aliphatic carbocycles. The molecule has 2 N–H and O–H groups in total. The molecule has 0 bridgehead atoms. The first-order valence-corrected chi connectivity index (χ1v) is 10.9. The molecular formula is C25H25F3N2O6. The Morgan fingerprint density at radius 3 is 2.33 bits per heavy atom. The molecular weight excluding hydrogens is 481 g/mol. The lowest BCUT2D eigenvalue weighted by Gasteiger charge is -2.37. The molecule has 2 aromatic carbocycles. The predicted molar refractivity (Wildman–Crippen MR) is 124 cm³/mol. The normalized spacial score (nSPS) is 15.4. The Labute approximate surface area is 204 Å². The second-order valence-corrected chi connectivity index (χ2v) is 8.04. The quantitative estimate of drug-likeness (QED) is 0.505. The van der Waals surface area contributed by atoms with Gasteiger partial charge in [0.2, 0.25) is 0 Å². The average molecular weight is 506 g/mol. The Kier molecular flexibility index (Phi) is 8.36. The summed E-state index contributed by atoms with van der Waals surface area (Å²) in [5.41, 5.74) is 4.16. The van der Waals surface area contributed by atoms with Crippen molar-refractivity contribution in [2.75, 3.05) is 20.8 Å². The fourth-order valence-corrected chi connectivity index (χ4v) is 4.19. The highest BCUT2D eigenvalue weighted by Gasteiger charge is 2.38. The van der Waals surface area contributed by atoms with E-state index in [0.29, 0.717) is 18.0 Å². The summed E-state index contributed by atoms with van der Waals surface area (Å²) < 4.78 is 42.6. The van der Waals surface area contributed by atoms with Crippen LogP contribution in [0.25, 0.3) is 10.9 Å². The Balaban J connectivity index is 0.000000454. The maximum atomic E-state index is 11.7. The van der Waals surface area contributed by atoms with Crippen molar-refractivity contribution < 1.29 is 42.4 Å². The number of pyridine rings is 1. The number of methoxy groups -OCH3 is 2. The smallest absolute Gasteiger partial charge is 0.490 e. The number of fused-ring (bicyclic) bond motifs is 2. The lowest BCUT2D eigenvalue weighted by molar-refractivity contribution is -0.192. The SMILES string of the molecule is COc1cc2c(cc1OC)C(CC(=O)O)N(Cc1cccc3cccnc13)CC2.O=C(O)C(F)(F)F. The van der Waals surface area contributed by atoms with Gasteiger partial charge in [0.25, 0.3) is 0 Å². The van der Waals surface area contributed by atoms with Gasteiger partial charge in [-0.3, -0.25) is 14.7 Å². The van der Waals surface area contributed by atoms with E-state index in [9.17, 15) is 23.1 Å². The van der Waals surface area contributed by atoms with Crippen LogP contribution in [0.5, 0.6) is 11.5 Å². The molecule has 11 heteroatoms. The number of carboxylic acids is 2. The van der Waals surface area contributed by atoms with Gasteiger partial charge in [0.05, 0.1) is 26.2 Å². The summed E-state index contributed by atoms with van der Waals surface area (Å²) in [6.07, 6.45) is -2.44. The van der Waals surface area contributed by atoms with E-state index in [4.69, 9.17) is 19.4 Å². The van der Waals surface area contributed by atoms with Gasteiger partial charge in [-0.05, 0) is 41.3 Å². The van der Waals surface area contributed by atoms with Crippen LogP contribution in [-0.2, 0) is 22.6 Å².